The Balaban J connectivity index is 1.89. The summed E-state index contributed by atoms with van der Waals surface area (Å²) >= 11 is 5.70. The van der Waals surface area contributed by atoms with Crippen LogP contribution in [0.3, 0.4) is 0 Å². The first-order valence-corrected chi connectivity index (χ1v) is 7.75. The zero-order chi connectivity index (χ0) is 17.5. The summed E-state index contributed by atoms with van der Waals surface area (Å²) in [6, 6.07) is 7.30. The molecule has 1 aromatic carbocycles. The Morgan fingerprint density at radius 3 is 2.67 bits per heavy atom. The molecule has 0 saturated heterocycles. The predicted molar refractivity (Wildman–Crippen MR) is 91.1 cm³/mol. The van der Waals surface area contributed by atoms with Crippen LogP contribution in [0, 0.1) is 5.82 Å². The average molecular weight is 347 g/mol. The summed E-state index contributed by atoms with van der Waals surface area (Å²) in [5.41, 5.74) is 1.61. The van der Waals surface area contributed by atoms with E-state index in [9.17, 15) is 9.18 Å². The van der Waals surface area contributed by atoms with Gasteiger partial charge in [0.2, 0.25) is 0 Å². The topological polar surface area (TPSA) is 59.3 Å². The molecule has 3 aromatic rings. The highest BCUT2D eigenvalue weighted by molar-refractivity contribution is 6.30. The van der Waals surface area contributed by atoms with Crippen LogP contribution in [-0.2, 0) is 5.41 Å². The quantitative estimate of drug-likeness (QED) is 0.760. The van der Waals surface area contributed by atoms with E-state index in [4.69, 9.17) is 11.6 Å². The lowest BCUT2D eigenvalue weighted by atomic mass is 9.93. The van der Waals surface area contributed by atoms with Crippen LogP contribution in [0.1, 0.15) is 37.0 Å². The average Bonchev–Trinajstić information content (AvgIpc) is 2.93. The van der Waals surface area contributed by atoms with E-state index in [0.717, 1.165) is 11.8 Å². The van der Waals surface area contributed by atoms with Crippen molar-refractivity contribution in [1.29, 1.82) is 0 Å². The lowest BCUT2D eigenvalue weighted by molar-refractivity contribution is 0.102. The standard InChI is InChI=1S/C17H16ClFN4O/c1-17(2,3)14-9-23-15(21-14)7-6-13(22-23)16(24)20-12-5-4-10(18)8-11(12)19/h4-9H,1-3H3,(H,20,24). The molecule has 0 unspecified atom stereocenters. The Morgan fingerprint density at radius 2 is 2.00 bits per heavy atom. The summed E-state index contributed by atoms with van der Waals surface area (Å²) in [4.78, 5) is 16.8. The molecule has 1 amide bonds. The Kier molecular flexibility index (Phi) is 4.01. The lowest BCUT2D eigenvalue weighted by Crippen LogP contribution is -2.16. The minimum absolute atomic E-state index is 0.0484. The third-order valence-corrected chi connectivity index (χ3v) is 3.74. The largest absolute Gasteiger partial charge is 0.318 e. The van der Waals surface area contributed by atoms with Crippen molar-refractivity contribution >= 4 is 28.8 Å². The predicted octanol–water partition coefficient (Wildman–Crippen LogP) is 4.07. The third kappa shape index (κ3) is 3.23. The van der Waals surface area contributed by atoms with Gasteiger partial charge in [0.1, 0.15) is 11.5 Å². The number of carbonyl (C=O) groups excluding carboxylic acids is 1. The maximum atomic E-state index is 13.8. The molecule has 0 aliphatic carbocycles. The Morgan fingerprint density at radius 1 is 1.25 bits per heavy atom. The van der Waals surface area contributed by atoms with Crippen molar-refractivity contribution in [2.45, 2.75) is 26.2 Å². The maximum absolute atomic E-state index is 13.8. The Hall–Kier alpha value is -2.47. The SMILES string of the molecule is CC(C)(C)c1cn2nc(C(=O)Nc3ccc(Cl)cc3F)ccc2n1. The summed E-state index contributed by atoms with van der Waals surface area (Å²) < 4.78 is 15.3. The molecule has 2 aromatic heterocycles. The number of amides is 1. The second kappa shape index (κ2) is 5.87. The van der Waals surface area contributed by atoms with Crippen LogP contribution in [0.15, 0.2) is 36.5 Å². The van der Waals surface area contributed by atoms with Crippen molar-refractivity contribution in [3.05, 3.63) is 58.8 Å². The van der Waals surface area contributed by atoms with Gasteiger partial charge in [-0.2, -0.15) is 5.10 Å². The number of nitrogens with zero attached hydrogens (tertiary/aromatic N) is 3. The minimum atomic E-state index is -0.602. The molecule has 0 radical (unpaired) electrons. The molecule has 5 nitrogen and oxygen atoms in total. The summed E-state index contributed by atoms with van der Waals surface area (Å²) in [7, 11) is 0. The number of carbonyl (C=O) groups is 1. The highest BCUT2D eigenvalue weighted by Crippen LogP contribution is 2.22. The molecule has 0 aliphatic rings. The number of nitrogens with one attached hydrogen (secondary N) is 1. The molecule has 0 aliphatic heterocycles. The van der Waals surface area contributed by atoms with Gasteiger partial charge in [0.25, 0.3) is 5.91 Å². The van der Waals surface area contributed by atoms with Crippen LogP contribution in [-0.4, -0.2) is 20.5 Å². The van der Waals surface area contributed by atoms with Gasteiger partial charge >= 0.3 is 0 Å². The minimum Gasteiger partial charge on any atom is -0.318 e. The smallest absolute Gasteiger partial charge is 0.276 e. The van der Waals surface area contributed by atoms with Gasteiger partial charge < -0.3 is 5.32 Å². The van der Waals surface area contributed by atoms with Crippen molar-refractivity contribution in [2.75, 3.05) is 5.32 Å². The van der Waals surface area contributed by atoms with Gasteiger partial charge in [0.05, 0.1) is 17.6 Å². The second-order valence-electron chi connectivity index (χ2n) is 6.48. The van der Waals surface area contributed by atoms with Crippen molar-refractivity contribution in [3.8, 4) is 0 Å². The molecule has 7 heteroatoms. The first-order chi connectivity index (χ1) is 11.2. The molecule has 0 bridgehead atoms. The molecule has 0 saturated carbocycles. The van der Waals surface area contributed by atoms with Gasteiger partial charge in [0, 0.05) is 10.4 Å². The van der Waals surface area contributed by atoms with Gasteiger partial charge in [-0.05, 0) is 30.3 Å². The van der Waals surface area contributed by atoms with Gasteiger partial charge in [-0.3, -0.25) is 4.79 Å². The van der Waals surface area contributed by atoms with Gasteiger partial charge in [-0.25, -0.2) is 13.9 Å². The van der Waals surface area contributed by atoms with Gasteiger partial charge in [-0.15, -0.1) is 0 Å². The maximum Gasteiger partial charge on any atom is 0.276 e. The van der Waals surface area contributed by atoms with E-state index < -0.39 is 11.7 Å². The molecule has 2 heterocycles. The number of hydrogen-bond acceptors (Lipinski definition) is 3. The lowest BCUT2D eigenvalue weighted by Gasteiger charge is -2.13. The summed E-state index contributed by atoms with van der Waals surface area (Å²) in [5.74, 6) is -1.11. The van der Waals surface area contributed by atoms with Crippen molar-refractivity contribution in [3.63, 3.8) is 0 Å². The molecule has 0 atom stereocenters. The first kappa shape index (κ1) is 16.4. The monoisotopic (exact) mass is 346 g/mol. The number of anilines is 1. The van der Waals surface area contributed by atoms with E-state index in [1.54, 1.807) is 22.8 Å². The third-order valence-electron chi connectivity index (χ3n) is 3.50. The number of hydrogen-bond donors (Lipinski definition) is 1. The Labute approximate surface area is 143 Å². The van der Waals surface area contributed by atoms with Crippen LogP contribution < -0.4 is 5.32 Å². The highest BCUT2D eigenvalue weighted by atomic mass is 35.5. The number of fused-ring (bicyclic) bond motifs is 1. The molecule has 0 fully saturated rings. The fourth-order valence-corrected chi connectivity index (χ4v) is 2.30. The van der Waals surface area contributed by atoms with Crippen molar-refractivity contribution in [1.82, 2.24) is 14.6 Å². The molecule has 24 heavy (non-hydrogen) atoms. The summed E-state index contributed by atoms with van der Waals surface area (Å²) in [6.45, 7) is 6.14. The molecular weight excluding hydrogens is 331 g/mol. The van der Waals surface area contributed by atoms with E-state index >= 15 is 0 Å². The second-order valence-corrected chi connectivity index (χ2v) is 6.91. The Bertz CT molecular complexity index is 930. The van der Waals surface area contributed by atoms with Crippen LogP contribution in [0.2, 0.25) is 5.02 Å². The molecule has 1 N–H and O–H groups in total. The zero-order valence-corrected chi connectivity index (χ0v) is 14.2. The number of aromatic nitrogens is 3. The van der Waals surface area contributed by atoms with E-state index in [0.29, 0.717) is 5.65 Å². The fourth-order valence-electron chi connectivity index (χ4n) is 2.14. The van der Waals surface area contributed by atoms with Crippen LogP contribution in [0.25, 0.3) is 5.65 Å². The zero-order valence-electron chi connectivity index (χ0n) is 13.5. The van der Waals surface area contributed by atoms with E-state index in [2.05, 4.69) is 15.4 Å². The van der Waals surface area contributed by atoms with Crippen molar-refractivity contribution < 1.29 is 9.18 Å². The van der Waals surface area contributed by atoms with Gasteiger partial charge in [-0.1, -0.05) is 32.4 Å². The van der Waals surface area contributed by atoms with E-state index in [1.807, 2.05) is 20.8 Å². The van der Waals surface area contributed by atoms with E-state index in [-0.39, 0.29) is 21.8 Å². The molecular formula is C17H16ClFN4O. The van der Waals surface area contributed by atoms with E-state index in [1.165, 1.54) is 12.1 Å². The van der Waals surface area contributed by atoms with Crippen LogP contribution in [0.4, 0.5) is 10.1 Å². The summed E-state index contributed by atoms with van der Waals surface area (Å²) in [6.07, 6.45) is 1.79. The molecule has 124 valence electrons. The highest BCUT2D eigenvalue weighted by Gasteiger charge is 2.19. The first-order valence-electron chi connectivity index (χ1n) is 7.37. The van der Waals surface area contributed by atoms with Crippen LogP contribution in [0.5, 0.6) is 0 Å². The summed E-state index contributed by atoms with van der Waals surface area (Å²) in [5, 5.41) is 7.00. The molecule has 3 rings (SSSR count). The number of rotatable bonds is 2. The number of halogens is 2. The van der Waals surface area contributed by atoms with Gasteiger partial charge in [0.15, 0.2) is 5.65 Å². The van der Waals surface area contributed by atoms with Crippen LogP contribution >= 0.6 is 11.6 Å². The number of benzene rings is 1. The number of imidazole rings is 1. The normalized spacial score (nSPS) is 11.7. The molecule has 0 spiro atoms. The fraction of sp³-hybridized carbons (Fsp3) is 0.235. The van der Waals surface area contributed by atoms with Crippen molar-refractivity contribution in [2.24, 2.45) is 0 Å².